The van der Waals surface area contributed by atoms with Crippen LogP contribution in [0.15, 0.2) is 65.8 Å². The molecule has 3 rings (SSSR count). The van der Waals surface area contributed by atoms with Gasteiger partial charge < -0.3 is 20.5 Å². The SMILES string of the molecule is CC.COc1ccc(C(=O)Nc2ccccc2CSc2ccncc2N)c(OC)c1. The highest BCUT2D eigenvalue weighted by Crippen LogP contribution is 2.31. The van der Waals surface area contributed by atoms with Crippen LogP contribution >= 0.6 is 11.8 Å². The van der Waals surface area contributed by atoms with E-state index in [0.717, 1.165) is 16.1 Å². The highest BCUT2D eigenvalue weighted by Gasteiger charge is 2.15. The largest absolute Gasteiger partial charge is 0.497 e. The van der Waals surface area contributed by atoms with Gasteiger partial charge in [0.2, 0.25) is 0 Å². The van der Waals surface area contributed by atoms with Crippen LogP contribution in [0.3, 0.4) is 0 Å². The first kappa shape index (κ1) is 23.1. The highest BCUT2D eigenvalue weighted by molar-refractivity contribution is 7.98. The van der Waals surface area contributed by atoms with Gasteiger partial charge in [0.1, 0.15) is 11.5 Å². The van der Waals surface area contributed by atoms with E-state index in [0.29, 0.717) is 28.5 Å². The lowest BCUT2D eigenvalue weighted by Gasteiger charge is -2.14. The van der Waals surface area contributed by atoms with Gasteiger partial charge >= 0.3 is 0 Å². The quantitative estimate of drug-likeness (QED) is 0.503. The van der Waals surface area contributed by atoms with Crippen molar-refractivity contribution in [2.45, 2.75) is 24.5 Å². The first-order chi connectivity index (χ1) is 14.6. The number of nitrogen functional groups attached to an aromatic ring is 1. The molecule has 1 heterocycles. The van der Waals surface area contributed by atoms with Crippen molar-refractivity contribution in [1.82, 2.24) is 4.98 Å². The summed E-state index contributed by atoms with van der Waals surface area (Å²) in [7, 11) is 3.09. The summed E-state index contributed by atoms with van der Waals surface area (Å²) >= 11 is 1.59. The fourth-order valence-corrected chi connectivity index (χ4v) is 3.56. The fraction of sp³-hybridized carbons (Fsp3) is 0.217. The lowest BCUT2D eigenvalue weighted by Crippen LogP contribution is -2.14. The van der Waals surface area contributed by atoms with Crippen molar-refractivity contribution < 1.29 is 14.3 Å². The van der Waals surface area contributed by atoms with E-state index in [2.05, 4.69) is 10.3 Å². The van der Waals surface area contributed by atoms with Gasteiger partial charge in [0.25, 0.3) is 5.91 Å². The molecule has 158 valence electrons. The molecule has 0 aliphatic rings. The van der Waals surface area contributed by atoms with Crippen molar-refractivity contribution in [1.29, 1.82) is 0 Å². The Balaban J connectivity index is 0.00000155. The number of carbonyl (C=O) groups is 1. The van der Waals surface area contributed by atoms with E-state index in [1.54, 1.807) is 49.5 Å². The lowest BCUT2D eigenvalue weighted by molar-refractivity contribution is 0.102. The van der Waals surface area contributed by atoms with Gasteiger partial charge in [0.15, 0.2) is 0 Å². The molecular formula is C23H27N3O3S. The summed E-state index contributed by atoms with van der Waals surface area (Å²) < 4.78 is 10.5. The van der Waals surface area contributed by atoms with Crippen molar-refractivity contribution in [3.8, 4) is 11.5 Å². The summed E-state index contributed by atoms with van der Waals surface area (Å²) in [6.45, 7) is 4.00. The molecule has 30 heavy (non-hydrogen) atoms. The number of pyridine rings is 1. The third-order valence-corrected chi connectivity index (χ3v) is 5.25. The Kier molecular flexibility index (Phi) is 9.03. The number of aromatic nitrogens is 1. The fourth-order valence-electron chi connectivity index (χ4n) is 2.62. The molecule has 0 spiro atoms. The third-order valence-electron chi connectivity index (χ3n) is 4.11. The van der Waals surface area contributed by atoms with Gasteiger partial charge in [-0.1, -0.05) is 32.0 Å². The van der Waals surface area contributed by atoms with Gasteiger partial charge in [0.05, 0.1) is 31.7 Å². The second-order valence-electron chi connectivity index (χ2n) is 5.88. The number of methoxy groups -OCH3 is 2. The molecule has 3 N–H and O–H groups in total. The summed E-state index contributed by atoms with van der Waals surface area (Å²) in [6, 6.07) is 14.6. The molecule has 6 nitrogen and oxygen atoms in total. The molecule has 7 heteroatoms. The predicted molar refractivity (Wildman–Crippen MR) is 123 cm³/mol. The number of hydrogen-bond donors (Lipinski definition) is 2. The van der Waals surface area contributed by atoms with Gasteiger partial charge in [-0.2, -0.15) is 0 Å². The summed E-state index contributed by atoms with van der Waals surface area (Å²) in [4.78, 5) is 17.8. The number of rotatable bonds is 7. The first-order valence-electron chi connectivity index (χ1n) is 9.56. The summed E-state index contributed by atoms with van der Waals surface area (Å²) in [5.41, 5.74) is 8.76. The molecule has 0 saturated heterocycles. The number of carbonyl (C=O) groups excluding carboxylic acids is 1. The van der Waals surface area contributed by atoms with E-state index in [-0.39, 0.29) is 5.91 Å². The summed E-state index contributed by atoms with van der Waals surface area (Å²) in [6.07, 6.45) is 3.34. The van der Waals surface area contributed by atoms with Crippen LogP contribution in [0.5, 0.6) is 11.5 Å². The number of para-hydroxylation sites is 1. The zero-order valence-electron chi connectivity index (χ0n) is 17.6. The Bertz CT molecular complexity index is 979. The second-order valence-corrected chi connectivity index (χ2v) is 6.90. The zero-order valence-corrected chi connectivity index (χ0v) is 18.5. The minimum absolute atomic E-state index is 0.250. The van der Waals surface area contributed by atoms with Crippen molar-refractivity contribution in [3.63, 3.8) is 0 Å². The van der Waals surface area contributed by atoms with Gasteiger partial charge in [-0.15, -0.1) is 11.8 Å². The van der Waals surface area contributed by atoms with Crippen LogP contribution in [0, 0.1) is 0 Å². The predicted octanol–water partition coefficient (Wildman–Crippen LogP) is 5.25. The lowest BCUT2D eigenvalue weighted by atomic mass is 10.1. The molecule has 0 saturated carbocycles. The van der Waals surface area contributed by atoms with Gasteiger partial charge in [-0.3, -0.25) is 9.78 Å². The Morgan fingerprint density at radius 2 is 1.87 bits per heavy atom. The average molecular weight is 426 g/mol. The van der Waals surface area contributed by atoms with Crippen molar-refractivity contribution in [2.75, 3.05) is 25.3 Å². The van der Waals surface area contributed by atoms with Crippen LogP contribution in [-0.2, 0) is 5.75 Å². The molecule has 0 bridgehead atoms. The van der Waals surface area contributed by atoms with Crippen molar-refractivity contribution in [2.24, 2.45) is 0 Å². The minimum atomic E-state index is -0.250. The summed E-state index contributed by atoms with van der Waals surface area (Å²) in [5, 5.41) is 2.97. The minimum Gasteiger partial charge on any atom is -0.497 e. The van der Waals surface area contributed by atoms with Crippen LogP contribution in [0.4, 0.5) is 11.4 Å². The van der Waals surface area contributed by atoms with E-state index in [1.807, 2.05) is 44.2 Å². The van der Waals surface area contributed by atoms with E-state index in [4.69, 9.17) is 15.2 Å². The maximum atomic E-state index is 12.8. The number of hydrogen-bond acceptors (Lipinski definition) is 6. The molecule has 3 aromatic rings. The second kappa shape index (κ2) is 11.7. The number of nitrogens with zero attached hydrogens (tertiary/aromatic N) is 1. The van der Waals surface area contributed by atoms with E-state index >= 15 is 0 Å². The maximum absolute atomic E-state index is 12.8. The van der Waals surface area contributed by atoms with Crippen LogP contribution < -0.4 is 20.5 Å². The molecular weight excluding hydrogens is 398 g/mol. The molecule has 0 fully saturated rings. The number of anilines is 2. The Hall–Kier alpha value is -3.19. The number of benzene rings is 2. The van der Waals surface area contributed by atoms with E-state index < -0.39 is 0 Å². The van der Waals surface area contributed by atoms with Crippen molar-refractivity contribution >= 4 is 29.0 Å². The molecule has 0 aliphatic heterocycles. The monoisotopic (exact) mass is 425 g/mol. The van der Waals surface area contributed by atoms with E-state index in [1.165, 1.54) is 7.11 Å². The highest BCUT2D eigenvalue weighted by atomic mass is 32.2. The third kappa shape index (κ3) is 5.90. The number of nitrogens with one attached hydrogen (secondary N) is 1. The van der Waals surface area contributed by atoms with E-state index in [9.17, 15) is 4.79 Å². The molecule has 2 aromatic carbocycles. The molecule has 1 amide bonds. The van der Waals surface area contributed by atoms with Gasteiger partial charge in [-0.25, -0.2) is 0 Å². The van der Waals surface area contributed by atoms with Crippen LogP contribution in [0.2, 0.25) is 0 Å². The molecule has 1 aromatic heterocycles. The Labute approximate surface area is 181 Å². The zero-order chi connectivity index (χ0) is 21.9. The van der Waals surface area contributed by atoms with Gasteiger partial charge in [-0.05, 0) is 29.8 Å². The van der Waals surface area contributed by atoms with Crippen LogP contribution in [0.25, 0.3) is 0 Å². The summed E-state index contributed by atoms with van der Waals surface area (Å²) in [5.74, 6) is 1.48. The first-order valence-corrected chi connectivity index (χ1v) is 10.5. The molecule has 0 radical (unpaired) electrons. The Morgan fingerprint density at radius 1 is 1.10 bits per heavy atom. The molecule has 0 aliphatic carbocycles. The van der Waals surface area contributed by atoms with Gasteiger partial charge in [0, 0.05) is 28.6 Å². The van der Waals surface area contributed by atoms with Crippen molar-refractivity contribution in [3.05, 3.63) is 72.1 Å². The smallest absolute Gasteiger partial charge is 0.259 e. The molecule has 0 unspecified atom stereocenters. The normalized spacial score (nSPS) is 9.87. The number of ether oxygens (including phenoxy) is 2. The standard InChI is InChI=1S/C21H21N3O3S.C2H6/c1-26-15-7-8-16(19(11-15)27-2)21(25)24-18-6-4-3-5-14(18)13-28-20-9-10-23-12-17(20)22;1-2/h3-12H,13,22H2,1-2H3,(H,24,25);1-2H3. The Morgan fingerprint density at radius 3 is 2.57 bits per heavy atom. The topological polar surface area (TPSA) is 86.5 Å². The molecule has 0 atom stereocenters. The number of amides is 1. The van der Waals surface area contributed by atoms with Crippen LogP contribution in [-0.4, -0.2) is 25.1 Å². The van der Waals surface area contributed by atoms with Crippen LogP contribution in [0.1, 0.15) is 29.8 Å². The average Bonchev–Trinajstić information content (AvgIpc) is 2.80. The maximum Gasteiger partial charge on any atom is 0.259 e. The number of nitrogens with two attached hydrogens (primary N) is 1. The number of thioether (sulfide) groups is 1.